The van der Waals surface area contributed by atoms with Crippen molar-refractivity contribution in [1.82, 2.24) is 0 Å². The van der Waals surface area contributed by atoms with E-state index in [0.29, 0.717) is 5.56 Å². The second-order valence-corrected chi connectivity index (χ2v) is 3.02. The zero-order valence-electron chi connectivity index (χ0n) is 8.32. The fourth-order valence-electron chi connectivity index (χ4n) is 1.01. The van der Waals surface area contributed by atoms with Gasteiger partial charge in [-0.25, -0.2) is 9.59 Å². The summed E-state index contributed by atoms with van der Waals surface area (Å²) in [6.07, 6.45) is 0. The summed E-state index contributed by atoms with van der Waals surface area (Å²) in [6.45, 7) is 4.92. The maximum Gasteiger partial charge on any atom is 0.361 e. The zero-order valence-corrected chi connectivity index (χ0v) is 8.32. The van der Waals surface area contributed by atoms with Crippen molar-refractivity contribution < 1.29 is 14.3 Å². The van der Waals surface area contributed by atoms with E-state index in [0.717, 1.165) is 5.56 Å². The highest BCUT2D eigenvalue weighted by molar-refractivity contribution is 6.02. The molecule has 0 bridgehead atoms. The number of esters is 2. The Labute approximate surface area is 87.3 Å². The maximum atomic E-state index is 11.4. The summed E-state index contributed by atoms with van der Waals surface area (Å²) >= 11 is 0. The van der Waals surface area contributed by atoms with E-state index in [2.05, 4.69) is 11.3 Å². The molecule has 0 fully saturated rings. The largest absolute Gasteiger partial charge is 0.393 e. The van der Waals surface area contributed by atoms with Gasteiger partial charge in [0.05, 0.1) is 5.56 Å². The van der Waals surface area contributed by atoms with Crippen molar-refractivity contribution >= 4 is 11.9 Å². The van der Waals surface area contributed by atoms with Crippen LogP contribution in [0.25, 0.3) is 0 Å². The molecule has 4 nitrogen and oxygen atoms in total. The molecule has 0 atom stereocenters. The van der Waals surface area contributed by atoms with E-state index in [-0.39, 0.29) is 5.70 Å². The van der Waals surface area contributed by atoms with Crippen LogP contribution < -0.4 is 5.73 Å². The Hall–Kier alpha value is -2.10. The molecule has 1 rings (SSSR count). The molecule has 15 heavy (non-hydrogen) atoms. The molecule has 0 unspecified atom stereocenters. The van der Waals surface area contributed by atoms with Crippen molar-refractivity contribution in [3.05, 3.63) is 47.7 Å². The molecular weight excluding hydrogens is 194 g/mol. The molecule has 0 heterocycles. The number of ether oxygens (including phenoxy) is 1. The van der Waals surface area contributed by atoms with Crippen LogP contribution in [-0.2, 0) is 9.53 Å². The Morgan fingerprint density at radius 1 is 1.33 bits per heavy atom. The van der Waals surface area contributed by atoms with E-state index < -0.39 is 11.9 Å². The Morgan fingerprint density at radius 3 is 2.47 bits per heavy atom. The van der Waals surface area contributed by atoms with Crippen LogP contribution in [-0.4, -0.2) is 11.9 Å². The molecule has 1 aromatic carbocycles. The molecule has 0 radical (unpaired) electrons. The van der Waals surface area contributed by atoms with Crippen molar-refractivity contribution in [2.24, 2.45) is 5.73 Å². The quantitative estimate of drug-likeness (QED) is 0.446. The van der Waals surface area contributed by atoms with E-state index in [4.69, 9.17) is 5.73 Å². The van der Waals surface area contributed by atoms with Crippen LogP contribution in [0.5, 0.6) is 0 Å². The van der Waals surface area contributed by atoms with E-state index in [1.807, 2.05) is 0 Å². The van der Waals surface area contributed by atoms with Crippen molar-refractivity contribution in [2.45, 2.75) is 6.92 Å². The van der Waals surface area contributed by atoms with Gasteiger partial charge in [-0.2, -0.15) is 0 Å². The van der Waals surface area contributed by atoms with Crippen molar-refractivity contribution in [1.29, 1.82) is 0 Å². The molecule has 0 aliphatic rings. The van der Waals surface area contributed by atoms with Gasteiger partial charge in [0, 0.05) is 0 Å². The molecule has 0 aliphatic carbocycles. The first-order chi connectivity index (χ1) is 7.02. The fourth-order valence-corrected chi connectivity index (χ4v) is 1.01. The van der Waals surface area contributed by atoms with E-state index in [9.17, 15) is 9.59 Å². The molecular formula is C11H11NO3. The second-order valence-electron chi connectivity index (χ2n) is 3.02. The number of carbonyl (C=O) groups excluding carboxylic acids is 2. The fraction of sp³-hybridized carbons (Fsp3) is 0.0909. The van der Waals surface area contributed by atoms with Crippen LogP contribution in [0, 0.1) is 6.92 Å². The predicted octanol–water partition coefficient (Wildman–Crippen LogP) is 1.15. The lowest BCUT2D eigenvalue weighted by molar-refractivity contribution is -0.133. The smallest absolute Gasteiger partial charge is 0.361 e. The molecule has 1 aromatic rings. The van der Waals surface area contributed by atoms with Crippen molar-refractivity contribution in [2.75, 3.05) is 0 Å². The third kappa shape index (κ3) is 2.67. The van der Waals surface area contributed by atoms with Crippen molar-refractivity contribution in [3.63, 3.8) is 0 Å². The first-order valence-corrected chi connectivity index (χ1v) is 4.29. The van der Waals surface area contributed by atoms with Crippen LogP contribution in [0.1, 0.15) is 15.9 Å². The van der Waals surface area contributed by atoms with Crippen LogP contribution in [0.2, 0.25) is 0 Å². The second kappa shape index (κ2) is 4.41. The highest BCUT2D eigenvalue weighted by Gasteiger charge is 2.15. The summed E-state index contributed by atoms with van der Waals surface area (Å²) < 4.78 is 4.48. The first kappa shape index (κ1) is 11.0. The minimum absolute atomic E-state index is 0.295. The minimum Gasteiger partial charge on any atom is -0.393 e. The van der Waals surface area contributed by atoms with Gasteiger partial charge >= 0.3 is 11.9 Å². The van der Waals surface area contributed by atoms with Gasteiger partial charge in [0.2, 0.25) is 0 Å². The number of carbonyl (C=O) groups is 2. The molecule has 0 aromatic heterocycles. The highest BCUT2D eigenvalue weighted by atomic mass is 16.6. The number of hydrogen-bond donors (Lipinski definition) is 1. The summed E-state index contributed by atoms with van der Waals surface area (Å²) in [7, 11) is 0. The van der Waals surface area contributed by atoms with Gasteiger partial charge in [0.25, 0.3) is 0 Å². The molecule has 0 aliphatic heterocycles. The van der Waals surface area contributed by atoms with E-state index in [1.54, 1.807) is 31.2 Å². The van der Waals surface area contributed by atoms with Crippen molar-refractivity contribution in [3.8, 4) is 0 Å². The van der Waals surface area contributed by atoms with Gasteiger partial charge in [-0.1, -0.05) is 24.8 Å². The third-order valence-corrected chi connectivity index (χ3v) is 1.81. The van der Waals surface area contributed by atoms with Gasteiger partial charge in [0.15, 0.2) is 0 Å². The number of hydrogen-bond acceptors (Lipinski definition) is 4. The minimum atomic E-state index is -0.914. The molecule has 0 spiro atoms. The van der Waals surface area contributed by atoms with E-state index in [1.165, 1.54) is 0 Å². The molecule has 0 saturated heterocycles. The lowest BCUT2D eigenvalue weighted by atomic mass is 10.1. The van der Waals surface area contributed by atoms with Crippen LogP contribution >= 0.6 is 0 Å². The molecule has 4 heteroatoms. The summed E-state index contributed by atoms with van der Waals surface area (Å²) in [5, 5.41) is 0. The number of benzene rings is 1. The van der Waals surface area contributed by atoms with Gasteiger partial charge in [-0.15, -0.1) is 0 Å². The van der Waals surface area contributed by atoms with Gasteiger partial charge < -0.3 is 10.5 Å². The average molecular weight is 205 g/mol. The van der Waals surface area contributed by atoms with Gasteiger partial charge in [0.1, 0.15) is 5.70 Å². The Kier molecular flexibility index (Phi) is 3.23. The summed E-state index contributed by atoms with van der Waals surface area (Å²) in [5.74, 6) is -1.63. The predicted molar refractivity (Wildman–Crippen MR) is 54.9 cm³/mol. The summed E-state index contributed by atoms with van der Waals surface area (Å²) in [6, 6.07) is 6.80. The number of aryl methyl sites for hydroxylation is 1. The Morgan fingerprint density at radius 2 is 1.93 bits per heavy atom. The SMILES string of the molecule is C=C(N)C(=O)OC(=O)c1ccccc1C. The van der Waals surface area contributed by atoms with Crippen LogP contribution in [0.4, 0.5) is 0 Å². The number of nitrogens with two attached hydrogens (primary N) is 1. The summed E-state index contributed by atoms with van der Waals surface area (Å²) in [4.78, 5) is 22.4. The lowest BCUT2D eigenvalue weighted by Gasteiger charge is -2.04. The monoisotopic (exact) mass is 205 g/mol. The zero-order chi connectivity index (χ0) is 11.4. The Balaban J connectivity index is 2.83. The normalized spacial score (nSPS) is 9.40. The highest BCUT2D eigenvalue weighted by Crippen LogP contribution is 2.08. The number of rotatable bonds is 2. The summed E-state index contributed by atoms with van der Waals surface area (Å²) in [5.41, 5.74) is 5.86. The average Bonchev–Trinajstić information content (AvgIpc) is 2.18. The van der Waals surface area contributed by atoms with Gasteiger partial charge in [-0.3, -0.25) is 0 Å². The lowest BCUT2D eigenvalue weighted by Crippen LogP contribution is -2.18. The first-order valence-electron chi connectivity index (χ1n) is 4.29. The molecule has 78 valence electrons. The maximum absolute atomic E-state index is 11.4. The molecule has 0 amide bonds. The molecule has 0 saturated carbocycles. The topological polar surface area (TPSA) is 69.4 Å². The van der Waals surface area contributed by atoms with Crippen LogP contribution in [0.3, 0.4) is 0 Å². The Bertz CT molecular complexity index is 424. The molecule has 2 N–H and O–H groups in total. The standard InChI is InChI=1S/C11H11NO3/c1-7-5-3-4-6-9(7)11(14)15-10(13)8(2)12/h3-6H,2,12H2,1H3. The third-order valence-electron chi connectivity index (χ3n) is 1.81. The van der Waals surface area contributed by atoms with E-state index >= 15 is 0 Å². The van der Waals surface area contributed by atoms with Gasteiger partial charge in [-0.05, 0) is 18.6 Å². The van der Waals surface area contributed by atoms with Crippen LogP contribution in [0.15, 0.2) is 36.5 Å².